The summed E-state index contributed by atoms with van der Waals surface area (Å²) in [4.78, 5) is 69.4. The molecule has 0 aliphatic heterocycles. The van der Waals surface area contributed by atoms with Crippen molar-refractivity contribution in [3.8, 4) is 0 Å². The number of benzene rings is 2. The number of rotatable bonds is 12. The molecule has 1 heterocycles. The number of esters is 2. The minimum Gasteiger partial charge on any atom is -0.461 e. The number of ketones is 3. The number of carbonyl (C=O) groups excluding carboxylic acids is 5. The molecule has 0 bridgehead atoms. The van der Waals surface area contributed by atoms with E-state index in [2.05, 4.69) is 4.98 Å². The van der Waals surface area contributed by atoms with Crippen molar-refractivity contribution in [3.05, 3.63) is 101 Å². The number of nitrogens with zero attached hydrogens (tertiary/aromatic N) is 1. The summed E-state index contributed by atoms with van der Waals surface area (Å²) in [6.07, 6.45) is 7.72. The fourth-order valence-corrected chi connectivity index (χ4v) is 11.3. The number of alkyl halides is 1. The van der Waals surface area contributed by atoms with Crippen LogP contribution in [0.1, 0.15) is 75.5 Å². The number of allylic oxidation sites excluding steroid dienone is 4. The third-order valence-corrected chi connectivity index (χ3v) is 14.9. The highest BCUT2D eigenvalue weighted by atomic mass is 19.1. The number of hydrogen-bond donors (Lipinski definition) is 3. The number of aromatic nitrogens is 1. The van der Waals surface area contributed by atoms with Crippen LogP contribution < -0.4 is 5.73 Å². The Morgan fingerprint density at radius 2 is 1.68 bits per heavy atom. The lowest BCUT2D eigenvalue weighted by Gasteiger charge is -2.62. The Hall–Kier alpha value is -4.91. The lowest BCUT2D eigenvalue weighted by atomic mass is 9.44. The molecule has 11 nitrogen and oxygen atoms in total. The molecule has 11 atom stereocenters. The lowest BCUT2D eigenvalue weighted by Crippen LogP contribution is -2.69. The Labute approximate surface area is 342 Å². The molecular formula is C47H51FN2O9. The zero-order valence-electron chi connectivity index (χ0n) is 33.6. The van der Waals surface area contributed by atoms with Gasteiger partial charge in [0.15, 0.2) is 18.1 Å². The van der Waals surface area contributed by atoms with Crippen molar-refractivity contribution in [1.82, 2.24) is 4.98 Å². The number of fused-ring (bicyclic) bond motifs is 6. The van der Waals surface area contributed by atoms with Gasteiger partial charge in [-0.3, -0.25) is 29.0 Å². The molecule has 2 aromatic carbocycles. The highest BCUT2D eigenvalue weighted by Crippen LogP contribution is 2.70. The van der Waals surface area contributed by atoms with E-state index >= 15 is 4.39 Å². The Morgan fingerprint density at radius 1 is 0.966 bits per heavy atom. The van der Waals surface area contributed by atoms with Crippen molar-refractivity contribution >= 4 is 40.1 Å². The van der Waals surface area contributed by atoms with Crippen molar-refractivity contribution in [2.24, 2.45) is 46.2 Å². The van der Waals surface area contributed by atoms with Gasteiger partial charge in [0.05, 0.1) is 23.9 Å². The van der Waals surface area contributed by atoms with Gasteiger partial charge in [-0.05, 0) is 91.2 Å². The van der Waals surface area contributed by atoms with Crippen LogP contribution in [-0.4, -0.2) is 75.0 Å². The molecule has 0 saturated heterocycles. The van der Waals surface area contributed by atoms with Crippen LogP contribution in [0.15, 0.2) is 84.7 Å². The number of carbonyl (C=O) groups is 5. The summed E-state index contributed by atoms with van der Waals surface area (Å²) in [5.41, 5.74) is 2.49. The number of ether oxygens (including phenoxy) is 2. The van der Waals surface area contributed by atoms with Crippen LogP contribution in [0.25, 0.3) is 10.8 Å². The summed E-state index contributed by atoms with van der Waals surface area (Å²) in [5, 5.41) is 25.8. The van der Waals surface area contributed by atoms with E-state index in [0.29, 0.717) is 30.4 Å². The minimum absolute atomic E-state index is 0.0120. The maximum atomic E-state index is 17.5. The smallest absolute Gasteiger partial charge is 0.310 e. The first-order chi connectivity index (χ1) is 28.0. The molecule has 1 aromatic heterocycles. The number of hydrogen-bond acceptors (Lipinski definition) is 11. The second-order valence-corrected chi connectivity index (χ2v) is 18.0. The summed E-state index contributed by atoms with van der Waals surface area (Å²) in [7, 11) is 0. The zero-order valence-corrected chi connectivity index (χ0v) is 33.6. The molecule has 12 heteroatoms. The monoisotopic (exact) mass is 806 g/mol. The molecule has 5 aliphatic carbocycles. The average Bonchev–Trinajstić information content (AvgIpc) is 4.00. The quantitative estimate of drug-likeness (QED) is 0.204. The fourth-order valence-electron chi connectivity index (χ4n) is 11.3. The number of halogens is 1. The predicted molar refractivity (Wildman–Crippen MR) is 214 cm³/mol. The maximum Gasteiger partial charge on any atom is 0.310 e. The summed E-state index contributed by atoms with van der Waals surface area (Å²) in [6, 6.07) is 14.9. The van der Waals surface area contributed by atoms with Gasteiger partial charge in [0.2, 0.25) is 5.78 Å². The summed E-state index contributed by atoms with van der Waals surface area (Å²) in [6.45, 7) is 4.52. The predicted octanol–water partition coefficient (Wildman–Crippen LogP) is 5.23. The average molecular weight is 807 g/mol. The SMILES string of the molecule is C[C@@H]1C[C@H]2[C@@H]3CCC4=CC(=O)C=C[C@]4(C)[C@@]3(F)[C@@H](O)C[C@]2(C)[C@@]1(O)C(=O)COC(=O)C1CC1C(=O)OCc1ccc([C@@H](CN)C(=O)Cc2ccc3cnccc3c2)cc1. The molecule has 2 unspecified atom stereocenters. The summed E-state index contributed by atoms with van der Waals surface area (Å²) < 4.78 is 28.4. The van der Waals surface area contributed by atoms with E-state index in [1.165, 1.54) is 12.2 Å². The topological polar surface area (TPSA) is 183 Å². The second-order valence-electron chi connectivity index (χ2n) is 18.0. The van der Waals surface area contributed by atoms with Crippen molar-refractivity contribution < 1.29 is 48.0 Å². The normalized spacial score (nSPS) is 34.8. The molecular weight excluding hydrogens is 756 g/mol. The lowest BCUT2D eigenvalue weighted by molar-refractivity contribution is -0.220. The molecule has 0 amide bonds. The molecule has 3 aromatic rings. The van der Waals surface area contributed by atoms with Crippen LogP contribution in [0.3, 0.4) is 0 Å². The Bertz CT molecular complexity index is 2290. The van der Waals surface area contributed by atoms with Gasteiger partial charge >= 0.3 is 11.9 Å². The standard InChI is InChI=1S/C47H51FN2O9/c1-26-16-38-37-11-10-32-19-33(51)12-14-44(32,2)46(37,48)40(53)21-45(38,3)47(26,57)41(54)25-59-43(56)35-20-34(35)42(55)58-24-27-4-7-29(8-5-27)36(22-49)39(52)18-28-6-9-31-23-50-15-13-30(31)17-28/h4-9,12-15,17,19,23,26,34-38,40,53,57H,10-11,16,18,20-22,24-25,49H2,1-3H3/t26-,34?,35?,36-,37+,38+,40+,44+,45+,46+,47+/m1/s1. The maximum absolute atomic E-state index is 17.5. The molecule has 0 spiro atoms. The highest BCUT2D eigenvalue weighted by molar-refractivity contribution is 6.01. The van der Waals surface area contributed by atoms with Crippen molar-refractivity contribution in [2.45, 2.75) is 89.2 Å². The molecule has 4 saturated carbocycles. The number of nitrogens with two attached hydrogens (primary N) is 1. The number of pyridine rings is 1. The number of aliphatic hydroxyl groups excluding tert-OH is 1. The Morgan fingerprint density at radius 3 is 2.41 bits per heavy atom. The van der Waals surface area contributed by atoms with E-state index in [9.17, 15) is 34.2 Å². The van der Waals surface area contributed by atoms with Gasteiger partial charge < -0.3 is 25.4 Å². The van der Waals surface area contributed by atoms with Crippen molar-refractivity contribution in [2.75, 3.05) is 13.2 Å². The van der Waals surface area contributed by atoms with E-state index in [-0.39, 0.29) is 44.0 Å². The van der Waals surface area contributed by atoms with Crippen LogP contribution >= 0.6 is 0 Å². The van der Waals surface area contributed by atoms with Crippen LogP contribution in [0.2, 0.25) is 0 Å². The van der Waals surface area contributed by atoms with E-state index in [4.69, 9.17) is 15.2 Å². The van der Waals surface area contributed by atoms with Crippen LogP contribution in [0.4, 0.5) is 4.39 Å². The van der Waals surface area contributed by atoms with Gasteiger partial charge in [-0.1, -0.05) is 68.0 Å². The molecule has 59 heavy (non-hydrogen) atoms. The van der Waals surface area contributed by atoms with Gasteiger partial charge in [0.25, 0.3) is 0 Å². The first-order valence-corrected chi connectivity index (χ1v) is 20.6. The van der Waals surface area contributed by atoms with Crippen molar-refractivity contribution in [3.63, 3.8) is 0 Å². The van der Waals surface area contributed by atoms with E-state index < -0.39 is 88.0 Å². The first kappa shape index (κ1) is 40.9. The minimum atomic E-state index is -2.11. The molecule has 5 aliphatic rings. The van der Waals surface area contributed by atoms with Crippen LogP contribution in [-0.2, 0) is 46.5 Å². The van der Waals surface area contributed by atoms with E-state index in [0.717, 1.165) is 21.9 Å². The Kier molecular flexibility index (Phi) is 10.4. The molecule has 8 rings (SSSR count). The van der Waals surface area contributed by atoms with Gasteiger partial charge in [-0.2, -0.15) is 0 Å². The van der Waals surface area contributed by atoms with E-state index in [1.807, 2.05) is 24.3 Å². The summed E-state index contributed by atoms with van der Waals surface area (Å²) >= 11 is 0. The van der Waals surface area contributed by atoms with E-state index in [1.54, 1.807) is 63.5 Å². The molecule has 4 N–H and O–H groups in total. The summed E-state index contributed by atoms with van der Waals surface area (Å²) in [5.74, 6) is -6.06. The van der Waals surface area contributed by atoms with Crippen molar-refractivity contribution in [1.29, 1.82) is 0 Å². The van der Waals surface area contributed by atoms with Crippen LogP contribution in [0, 0.1) is 40.4 Å². The van der Waals surface area contributed by atoms with Gasteiger partial charge in [-0.15, -0.1) is 0 Å². The number of Topliss-reactive ketones (excluding diaryl/α,β-unsaturated/α-hetero) is 2. The largest absolute Gasteiger partial charge is 0.461 e. The Balaban J connectivity index is 0.836. The van der Waals surface area contributed by atoms with Gasteiger partial charge in [0, 0.05) is 47.5 Å². The highest BCUT2D eigenvalue weighted by Gasteiger charge is 2.75. The molecule has 0 radical (unpaired) electrons. The second kappa shape index (κ2) is 15.0. The molecule has 4 fully saturated rings. The first-order valence-electron chi connectivity index (χ1n) is 20.6. The third kappa shape index (κ3) is 6.58. The van der Waals surface area contributed by atoms with Crippen LogP contribution in [0.5, 0.6) is 0 Å². The third-order valence-electron chi connectivity index (χ3n) is 14.9. The molecule has 310 valence electrons. The van der Waals surface area contributed by atoms with Gasteiger partial charge in [0.1, 0.15) is 18.0 Å². The number of aliphatic hydroxyl groups is 2. The zero-order chi connectivity index (χ0) is 42.1. The fraction of sp³-hybridized carbons (Fsp3) is 0.489. The van der Waals surface area contributed by atoms with Gasteiger partial charge in [-0.25, -0.2) is 4.39 Å².